The zero-order valence-corrected chi connectivity index (χ0v) is 15.6. The van der Waals surface area contributed by atoms with Crippen molar-refractivity contribution < 1.29 is 4.74 Å². The molecule has 136 valence electrons. The lowest BCUT2D eigenvalue weighted by atomic mass is 10.1. The Labute approximate surface area is 155 Å². The van der Waals surface area contributed by atoms with Gasteiger partial charge in [0, 0.05) is 44.8 Å². The lowest BCUT2D eigenvalue weighted by Crippen LogP contribution is -2.52. The highest BCUT2D eigenvalue weighted by Crippen LogP contribution is 2.29. The van der Waals surface area contributed by atoms with E-state index in [2.05, 4.69) is 58.1 Å². The van der Waals surface area contributed by atoms with E-state index in [4.69, 9.17) is 9.73 Å². The predicted octanol–water partition coefficient (Wildman–Crippen LogP) is 2.95. The van der Waals surface area contributed by atoms with E-state index in [0.29, 0.717) is 0 Å². The van der Waals surface area contributed by atoms with Crippen molar-refractivity contribution in [3.8, 4) is 5.75 Å². The summed E-state index contributed by atoms with van der Waals surface area (Å²) in [6, 6.07) is 16.7. The summed E-state index contributed by atoms with van der Waals surface area (Å²) >= 11 is 0. The Balaban J connectivity index is 1.65. The Morgan fingerprint density at radius 2 is 1.69 bits per heavy atom. The largest absolute Gasteiger partial charge is 0.496 e. The summed E-state index contributed by atoms with van der Waals surface area (Å²) in [7, 11) is 3.92. The molecule has 4 rings (SSSR count). The number of piperazine rings is 1. The summed E-state index contributed by atoms with van der Waals surface area (Å²) in [4.78, 5) is 12.2. The molecule has 0 amide bonds. The van der Waals surface area contributed by atoms with Gasteiger partial charge in [-0.1, -0.05) is 36.4 Å². The minimum atomic E-state index is 0.795. The number of fused-ring (bicyclic) bond motifs is 1. The van der Waals surface area contributed by atoms with Gasteiger partial charge in [-0.3, -0.25) is 0 Å². The van der Waals surface area contributed by atoms with Gasteiger partial charge in [0.2, 0.25) is 5.96 Å². The second kappa shape index (κ2) is 7.38. The highest BCUT2D eigenvalue weighted by atomic mass is 16.5. The second-order valence-corrected chi connectivity index (χ2v) is 7.00. The monoisotopic (exact) mass is 350 g/mol. The summed E-state index contributed by atoms with van der Waals surface area (Å²) in [6.45, 7) is 5.84. The van der Waals surface area contributed by atoms with Gasteiger partial charge in [0.25, 0.3) is 0 Å². The summed E-state index contributed by atoms with van der Waals surface area (Å²) in [5, 5.41) is 0. The van der Waals surface area contributed by atoms with Gasteiger partial charge in [0.1, 0.15) is 5.75 Å². The van der Waals surface area contributed by atoms with E-state index in [1.165, 1.54) is 11.1 Å². The van der Waals surface area contributed by atoms with Gasteiger partial charge >= 0.3 is 0 Å². The number of guanidine groups is 1. The van der Waals surface area contributed by atoms with Crippen molar-refractivity contribution in [2.75, 3.05) is 40.3 Å². The van der Waals surface area contributed by atoms with Crippen LogP contribution in [0.15, 0.2) is 53.5 Å². The molecule has 0 N–H and O–H groups in total. The molecular formula is C21H26N4O. The normalized spacial score (nSPS) is 17.7. The summed E-state index contributed by atoms with van der Waals surface area (Å²) in [5.41, 5.74) is 3.56. The number of nitrogens with zero attached hydrogens (tertiary/aromatic N) is 4. The van der Waals surface area contributed by atoms with E-state index < -0.39 is 0 Å². The highest BCUT2D eigenvalue weighted by molar-refractivity contribution is 5.85. The van der Waals surface area contributed by atoms with Crippen LogP contribution in [0.4, 0.5) is 5.69 Å². The molecule has 0 saturated carbocycles. The maximum Gasteiger partial charge on any atom is 0.202 e. The average molecular weight is 350 g/mol. The molecule has 2 heterocycles. The van der Waals surface area contributed by atoms with Gasteiger partial charge in [-0.15, -0.1) is 0 Å². The lowest BCUT2D eigenvalue weighted by molar-refractivity contribution is 0.192. The van der Waals surface area contributed by atoms with Crippen LogP contribution < -0.4 is 4.74 Å². The fraction of sp³-hybridized carbons (Fsp3) is 0.381. The number of ether oxygens (including phenoxy) is 1. The topological polar surface area (TPSA) is 31.3 Å². The van der Waals surface area contributed by atoms with Crippen LogP contribution in [-0.4, -0.2) is 61.0 Å². The smallest absolute Gasteiger partial charge is 0.202 e. The standard InChI is InChI=1S/C21H26N4O/c1-23-11-13-24(14-12-23)21-22-19-9-5-3-7-17(19)15-25(21)16-18-8-4-6-10-20(18)26-2/h3-10H,11-16H2,1-2H3. The van der Waals surface area contributed by atoms with Crippen LogP contribution >= 0.6 is 0 Å². The van der Waals surface area contributed by atoms with Crippen LogP contribution in [0.3, 0.4) is 0 Å². The van der Waals surface area contributed by atoms with Gasteiger partial charge in [-0.25, -0.2) is 4.99 Å². The Morgan fingerprint density at radius 1 is 0.962 bits per heavy atom. The van der Waals surface area contributed by atoms with Crippen LogP contribution in [0.2, 0.25) is 0 Å². The van der Waals surface area contributed by atoms with Crippen LogP contribution in [0.5, 0.6) is 5.75 Å². The third-order valence-electron chi connectivity index (χ3n) is 5.20. The molecule has 2 aromatic rings. The summed E-state index contributed by atoms with van der Waals surface area (Å²) in [6.07, 6.45) is 0. The molecule has 26 heavy (non-hydrogen) atoms. The van der Waals surface area contributed by atoms with E-state index in [-0.39, 0.29) is 0 Å². The molecule has 0 bridgehead atoms. The number of para-hydroxylation sites is 2. The van der Waals surface area contributed by atoms with Crippen molar-refractivity contribution in [2.24, 2.45) is 4.99 Å². The third kappa shape index (κ3) is 3.40. The lowest BCUT2D eigenvalue weighted by Gasteiger charge is -2.41. The third-order valence-corrected chi connectivity index (χ3v) is 5.20. The van der Waals surface area contributed by atoms with Crippen LogP contribution in [0, 0.1) is 0 Å². The molecule has 0 aromatic heterocycles. The molecule has 1 fully saturated rings. The molecule has 0 spiro atoms. The maximum absolute atomic E-state index is 5.56. The molecule has 2 aliphatic heterocycles. The molecular weight excluding hydrogens is 324 g/mol. The van der Waals surface area contributed by atoms with Crippen LogP contribution in [0.1, 0.15) is 11.1 Å². The average Bonchev–Trinajstić information content (AvgIpc) is 2.68. The summed E-state index contributed by atoms with van der Waals surface area (Å²) in [5.74, 6) is 2.02. The Kier molecular flexibility index (Phi) is 4.80. The maximum atomic E-state index is 5.56. The Morgan fingerprint density at radius 3 is 2.50 bits per heavy atom. The molecule has 0 radical (unpaired) electrons. The van der Waals surface area contributed by atoms with Gasteiger partial charge < -0.3 is 19.4 Å². The van der Waals surface area contributed by atoms with E-state index in [9.17, 15) is 0 Å². The van der Waals surface area contributed by atoms with E-state index in [0.717, 1.165) is 56.7 Å². The van der Waals surface area contributed by atoms with E-state index in [1.807, 2.05) is 12.1 Å². The highest BCUT2D eigenvalue weighted by Gasteiger charge is 2.27. The minimum absolute atomic E-state index is 0.795. The SMILES string of the molecule is COc1ccccc1CN1Cc2ccccc2N=C1N1CCN(C)CC1. The van der Waals surface area contributed by atoms with Crippen molar-refractivity contribution in [1.29, 1.82) is 0 Å². The van der Waals surface area contributed by atoms with Crippen molar-refractivity contribution in [3.05, 3.63) is 59.7 Å². The van der Waals surface area contributed by atoms with E-state index in [1.54, 1.807) is 7.11 Å². The quantitative estimate of drug-likeness (QED) is 0.852. The molecule has 5 heteroatoms. The first-order valence-corrected chi connectivity index (χ1v) is 9.21. The van der Waals surface area contributed by atoms with Crippen molar-refractivity contribution >= 4 is 11.6 Å². The first-order chi connectivity index (χ1) is 12.7. The second-order valence-electron chi connectivity index (χ2n) is 7.00. The van der Waals surface area contributed by atoms with Crippen LogP contribution in [0.25, 0.3) is 0 Å². The molecule has 2 aromatic carbocycles. The van der Waals surface area contributed by atoms with Gasteiger partial charge in [-0.05, 0) is 24.7 Å². The number of methoxy groups -OCH3 is 1. The Hall–Kier alpha value is -2.53. The van der Waals surface area contributed by atoms with Crippen molar-refractivity contribution in [1.82, 2.24) is 14.7 Å². The first kappa shape index (κ1) is 16.9. The fourth-order valence-corrected chi connectivity index (χ4v) is 3.65. The molecule has 0 unspecified atom stereocenters. The number of rotatable bonds is 3. The fourth-order valence-electron chi connectivity index (χ4n) is 3.65. The molecule has 1 saturated heterocycles. The molecule has 2 aliphatic rings. The number of hydrogen-bond acceptors (Lipinski definition) is 5. The van der Waals surface area contributed by atoms with Crippen molar-refractivity contribution in [2.45, 2.75) is 13.1 Å². The minimum Gasteiger partial charge on any atom is -0.496 e. The number of likely N-dealkylation sites (N-methyl/N-ethyl adjacent to an activating group) is 1. The van der Waals surface area contributed by atoms with Gasteiger partial charge in [0.05, 0.1) is 12.8 Å². The van der Waals surface area contributed by atoms with Crippen LogP contribution in [-0.2, 0) is 13.1 Å². The number of aliphatic imine (C=N–C) groups is 1. The molecule has 0 aliphatic carbocycles. The van der Waals surface area contributed by atoms with Gasteiger partial charge in [-0.2, -0.15) is 0 Å². The first-order valence-electron chi connectivity index (χ1n) is 9.21. The van der Waals surface area contributed by atoms with Gasteiger partial charge in [0.15, 0.2) is 0 Å². The van der Waals surface area contributed by atoms with E-state index >= 15 is 0 Å². The molecule has 5 nitrogen and oxygen atoms in total. The predicted molar refractivity (Wildman–Crippen MR) is 105 cm³/mol. The number of benzene rings is 2. The molecule has 0 atom stereocenters. The van der Waals surface area contributed by atoms with Crippen molar-refractivity contribution in [3.63, 3.8) is 0 Å². The summed E-state index contributed by atoms with van der Waals surface area (Å²) < 4.78 is 5.56. The Bertz CT molecular complexity index is 796. The zero-order chi connectivity index (χ0) is 17.9. The zero-order valence-electron chi connectivity index (χ0n) is 15.6. The number of hydrogen-bond donors (Lipinski definition) is 0.